The lowest BCUT2D eigenvalue weighted by atomic mass is 10.1. The van der Waals surface area contributed by atoms with Gasteiger partial charge in [-0.2, -0.15) is 0 Å². The first-order valence-corrected chi connectivity index (χ1v) is 7.28. The molecule has 2 aromatic carbocycles. The second kappa shape index (κ2) is 5.81. The molecule has 0 radical (unpaired) electrons. The number of Topliss-reactive ketones (excluding diaryl/α,β-unsaturated/α-hetero) is 1. The van der Waals surface area contributed by atoms with Gasteiger partial charge in [-0.05, 0) is 42.8 Å². The normalized spacial score (nSPS) is 15.8. The summed E-state index contributed by atoms with van der Waals surface area (Å²) in [6, 6.07) is 12.2. The molecule has 112 valence electrons. The number of para-hydroxylation sites is 1. The Morgan fingerprint density at radius 3 is 2.77 bits per heavy atom. The molecule has 1 aliphatic rings. The molecule has 22 heavy (non-hydrogen) atoms. The number of halogens is 1. The summed E-state index contributed by atoms with van der Waals surface area (Å²) in [5, 5.41) is 3.38. The maximum atomic E-state index is 12.4. The van der Waals surface area contributed by atoms with Crippen molar-refractivity contribution in [1.29, 1.82) is 0 Å². The summed E-state index contributed by atoms with van der Waals surface area (Å²) >= 11 is 5.94. The van der Waals surface area contributed by atoms with E-state index in [0.717, 1.165) is 5.56 Å². The molecule has 1 unspecified atom stereocenters. The first-order valence-electron chi connectivity index (χ1n) is 6.90. The van der Waals surface area contributed by atoms with Crippen molar-refractivity contribution in [2.45, 2.75) is 19.4 Å². The first kappa shape index (κ1) is 14.6. The highest BCUT2D eigenvalue weighted by molar-refractivity contribution is 6.30. The summed E-state index contributed by atoms with van der Waals surface area (Å²) < 4.78 is 5.64. The van der Waals surface area contributed by atoms with Crippen LogP contribution in [0.3, 0.4) is 0 Å². The SMILES string of the molecule is CC(=O)c1ccccc1NC(=O)C1Cc2cc(Cl)ccc2O1. The average molecular weight is 316 g/mol. The van der Waals surface area contributed by atoms with Crippen LogP contribution in [0.1, 0.15) is 22.8 Å². The minimum Gasteiger partial charge on any atom is -0.480 e. The van der Waals surface area contributed by atoms with Gasteiger partial charge in [-0.25, -0.2) is 0 Å². The fourth-order valence-electron chi connectivity index (χ4n) is 2.48. The van der Waals surface area contributed by atoms with Crippen LogP contribution in [0.15, 0.2) is 42.5 Å². The van der Waals surface area contributed by atoms with Crippen molar-refractivity contribution in [2.24, 2.45) is 0 Å². The van der Waals surface area contributed by atoms with Crippen molar-refractivity contribution in [2.75, 3.05) is 5.32 Å². The number of ketones is 1. The number of fused-ring (bicyclic) bond motifs is 1. The lowest BCUT2D eigenvalue weighted by Crippen LogP contribution is -2.31. The molecule has 1 N–H and O–H groups in total. The minimum absolute atomic E-state index is 0.0988. The van der Waals surface area contributed by atoms with Gasteiger partial charge in [0.25, 0.3) is 5.91 Å². The van der Waals surface area contributed by atoms with Gasteiger partial charge in [0, 0.05) is 17.0 Å². The van der Waals surface area contributed by atoms with Gasteiger partial charge >= 0.3 is 0 Å². The number of amides is 1. The Labute approximate surface area is 133 Å². The van der Waals surface area contributed by atoms with Crippen LogP contribution >= 0.6 is 11.6 Å². The standard InChI is InChI=1S/C17H14ClNO3/c1-10(20)13-4-2-3-5-14(13)19-17(21)16-9-11-8-12(18)6-7-15(11)22-16/h2-8,16H,9H2,1H3,(H,19,21). The van der Waals surface area contributed by atoms with Crippen molar-refractivity contribution >= 4 is 29.0 Å². The van der Waals surface area contributed by atoms with E-state index in [2.05, 4.69) is 5.32 Å². The van der Waals surface area contributed by atoms with E-state index in [-0.39, 0.29) is 11.7 Å². The predicted molar refractivity (Wildman–Crippen MR) is 84.6 cm³/mol. The van der Waals surface area contributed by atoms with Crippen LogP contribution in [-0.4, -0.2) is 17.8 Å². The molecule has 0 spiro atoms. The van der Waals surface area contributed by atoms with Crippen molar-refractivity contribution in [3.05, 3.63) is 58.6 Å². The van der Waals surface area contributed by atoms with E-state index < -0.39 is 6.10 Å². The van der Waals surface area contributed by atoms with Crippen LogP contribution in [0.2, 0.25) is 5.02 Å². The Morgan fingerprint density at radius 2 is 2.00 bits per heavy atom. The second-order valence-electron chi connectivity index (χ2n) is 5.15. The van der Waals surface area contributed by atoms with Gasteiger partial charge in [-0.1, -0.05) is 23.7 Å². The molecule has 0 aliphatic carbocycles. The lowest BCUT2D eigenvalue weighted by Gasteiger charge is -2.13. The Kier molecular flexibility index (Phi) is 3.86. The molecule has 0 saturated heterocycles. The zero-order chi connectivity index (χ0) is 15.7. The monoisotopic (exact) mass is 315 g/mol. The summed E-state index contributed by atoms with van der Waals surface area (Å²) in [6.07, 6.45) is -0.155. The number of anilines is 1. The van der Waals surface area contributed by atoms with Gasteiger partial charge in [0.2, 0.25) is 0 Å². The number of hydrogen-bond acceptors (Lipinski definition) is 3. The Hall–Kier alpha value is -2.33. The first-order chi connectivity index (χ1) is 10.5. The third kappa shape index (κ3) is 2.83. The molecular weight excluding hydrogens is 302 g/mol. The minimum atomic E-state index is -0.617. The highest BCUT2D eigenvalue weighted by Crippen LogP contribution is 2.31. The predicted octanol–water partition coefficient (Wildman–Crippen LogP) is 3.48. The van der Waals surface area contributed by atoms with Crippen LogP contribution in [0.5, 0.6) is 5.75 Å². The van der Waals surface area contributed by atoms with Crippen LogP contribution in [0.4, 0.5) is 5.69 Å². The van der Waals surface area contributed by atoms with Crippen LogP contribution in [-0.2, 0) is 11.2 Å². The van der Waals surface area contributed by atoms with Crippen molar-refractivity contribution in [3.63, 3.8) is 0 Å². The number of nitrogens with one attached hydrogen (secondary N) is 1. The molecule has 0 aromatic heterocycles. The fraction of sp³-hybridized carbons (Fsp3) is 0.176. The Bertz CT molecular complexity index is 757. The largest absolute Gasteiger partial charge is 0.480 e. The third-order valence-electron chi connectivity index (χ3n) is 3.55. The van der Waals surface area contributed by atoms with Crippen molar-refractivity contribution in [1.82, 2.24) is 0 Å². The van der Waals surface area contributed by atoms with Crippen molar-refractivity contribution < 1.29 is 14.3 Å². The van der Waals surface area contributed by atoms with E-state index in [1.165, 1.54) is 6.92 Å². The molecule has 3 rings (SSSR count). The highest BCUT2D eigenvalue weighted by atomic mass is 35.5. The summed E-state index contributed by atoms with van der Waals surface area (Å²) in [6.45, 7) is 1.47. The quantitative estimate of drug-likeness (QED) is 0.882. The van der Waals surface area contributed by atoms with Gasteiger partial charge < -0.3 is 10.1 Å². The topological polar surface area (TPSA) is 55.4 Å². The van der Waals surface area contributed by atoms with E-state index in [9.17, 15) is 9.59 Å². The van der Waals surface area contributed by atoms with Gasteiger partial charge in [-0.3, -0.25) is 9.59 Å². The number of benzene rings is 2. The van der Waals surface area contributed by atoms with Crippen molar-refractivity contribution in [3.8, 4) is 5.75 Å². The summed E-state index contributed by atoms with van der Waals surface area (Å²) in [5.74, 6) is 0.295. The van der Waals surface area contributed by atoms with E-state index in [1.807, 2.05) is 0 Å². The van der Waals surface area contributed by atoms with E-state index >= 15 is 0 Å². The maximum absolute atomic E-state index is 12.4. The van der Waals surface area contributed by atoms with E-state index in [0.29, 0.717) is 28.4 Å². The summed E-state index contributed by atoms with van der Waals surface area (Å²) in [7, 11) is 0. The fourth-order valence-corrected chi connectivity index (χ4v) is 2.67. The van der Waals surface area contributed by atoms with Crippen LogP contribution in [0.25, 0.3) is 0 Å². The van der Waals surface area contributed by atoms with Crippen LogP contribution < -0.4 is 10.1 Å². The number of hydrogen-bond donors (Lipinski definition) is 1. The van der Waals surface area contributed by atoms with Gasteiger partial charge in [0.1, 0.15) is 5.75 Å². The highest BCUT2D eigenvalue weighted by Gasteiger charge is 2.29. The molecular formula is C17H14ClNO3. The Balaban J connectivity index is 1.76. The lowest BCUT2D eigenvalue weighted by molar-refractivity contribution is -0.122. The zero-order valence-corrected chi connectivity index (χ0v) is 12.7. The molecule has 1 atom stereocenters. The molecule has 1 aliphatic heterocycles. The molecule has 1 amide bonds. The molecule has 0 bridgehead atoms. The summed E-state index contributed by atoms with van der Waals surface area (Å²) in [5.41, 5.74) is 1.89. The van der Waals surface area contributed by atoms with Crippen LogP contribution in [0, 0.1) is 0 Å². The number of ether oxygens (including phenoxy) is 1. The van der Waals surface area contributed by atoms with E-state index in [4.69, 9.17) is 16.3 Å². The maximum Gasteiger partial charge on any atom is 0.265 e. The molecule has 0 fully saturated rings. The molecule has 5 heteroatoms. The zero-order valence-electron chi connectivity index (χ0n) is 11.9. The van der Waals surface area contributed by atoms with Gasteiger partial charge in [0.05, 0.1) is 5.69 Å². The molecule has 2 aromatic rings. The van der Waals surface area contributed by atoms with Gasteiger partial charge in [0.15, 0.2) is 11.9 Å². The average Bonchev–Trinajstić information content (AvgIpc) is 2.90. The number of carbonyl (C=O) groups excluding carboxylic acids is 2. The Morgan fingerprint density at radius 1 is 1.23 bits per heavy atom. The molecule has 1 heterocycles. The number of rotatable bonds is 3. The van der Waals surface area contributed by atoms with E-state index in [1.54, 1.807) is 42.5 Å². The van der Waals surface area contributed by atoms with Gasteiger partial charge in [-0.15, -0.1) is 0 Å². The smallest absolute Gasteiger partial charge is 0.265 e. The molecule has 0 saturated carbocycles. The molecule has 4 nitrogen and oxygen atoms in total. The number of carbonyl (C=O) groups is 2. The third-order valence-corrected chi connectivity index (χ3v) is 3.79. The summed E-state index contributed by atoms with van der Waals surface area (Å²) in [4.78, 5) is 24.0. The second-order valence-corrected chi connectivity index (χ2v) is 5.59.